The van der Waals surface area contributed by atoms with Crippen LogP contribution in [0.5, 0.6) is 0 Å². The first-order valence-electron chi connectivity index (χ1n) is 13.0. The van der Waals surface area contributed by atoms with Gasteiger partial charge in [-0.3, -0.25) is 0 Å². The van der Waals surface area contributed by atoms with Crippen LogP contribution >= 0.6 is 0 Å². The van der Waals surface area contributed by atoms with Crippen LogP contribution in [0.2, 0.25) is 0 Å². The van der Waals surface area contributed by atoms with E-state index in [1.165, 1.54) is 43.4 Å². The fraction of sp³-hybridized carbons (Fsp3) is 0.0571. The zero-order valence-electron chi connectivity index (χ0n) is 21.5. The molecule has 0 atom stereocenters. The zero-order valence-corrected chi connectivity index (χ0v) is 21.5. The van der Waals surface area contributed by atoms with Gasteiger partial charge < -0.3 is 4.57 Å². The predicted molar refractivity (Wildman–Crippen MR) is 163 cm³/mol. The molecule has 38 heavy (non-hydrogen) atoms. The van der Waals surface area contributed by atoms with Gasteiger partial charge in [0, 0.05) is 28.9 Å². The Balaban J connectivity index is 1.39. The maximum absolute atomic E-state index is 5.24. The highest BCUT2D eigenvalue weighted by atomic mass is 15.5. The second-order valence-corrected chi connectivity index (χ2v) is 9.87. The molecule has 0 spiro atoms. The molecule has 182 valence electrons. The van der Waals surface area contributed by atoms with Crippen LogP contribution in [0, 0.1) is 0 Å². The normalized spacial score (nSPS) is 12.1. The molecule has 7 aromatic rings. The topological polar surface area (TPSA) is 20.5 Å². The molecule has 6 aromatic carbocycles. The van der Waals surface area contributed by atoms with Gasteiger partial charge in [0.1, 0.15) is 0 Å². The van der Waals surface area contributed by atoms with Crippen LogP contribution in [0.1, 0.15) is 12.5 Å². The third-order valence-corrected chi connectivity index (χ3v) is 7.54. The van der Waals surface area contributed by atoms with Gasteiger partial charge in [0.25, 0.3) is 0 Å². The smallest absolute Gasteiger partial charge is 0.0659 e. The van der Waals surface area contributed by atoms with Crippen LogP contribution in [0.4, 0.5) is 11.4 Å². The molecule has 0 aliphatic carbocycles. The van der Waals surface area contributed by atoms with Crippen LogP contribution in [0.15, 0.2) is 132 Å². The Morgan fingerprint density at radius 3 is 1.76 bits per heavy atom. The van der Waals surface area contributed by atoms with Gasteiger partial charge in [0.2, 0.25) is 0 Å². The van der Waals surface area contributed by atoms with Crippen molar-refractivity contribution in [3.05, 3.63) is 133 Å². The average Bonchev–Trinajstić information content (AvgIpc) is 3.26. The second-order valence-electron chi connectivity index (χ2n) is 9.87. The van der Waals surface area contributed by atoms with Crippen molar-refractivity contribution in [3.63, 3.8) is 0 Å². The fourth-order valence-electron chi connectivity index (χ4n) is 5.48. The van der Waals surface area contributed by atoms with Crippen LogP contribution in [0.3, 0.4) is 0 Å². The number of anilines is 2. The Kier molecular flexibility index (Phi) is 5.22. The number of rotatable bonds is 4. The number of hydrazone groups is 1. The van der Waals surface area contributed by atoms with Crippen LogP contribution in [-0.4, -0.2) is 10.3 Å². The van der Waals surface area contributed by atoms with Gasteiger partial charge in [-0.25, -0.2) is 5.01 Å². The first-order chi connectivity index (χ1) is 18.7. The lowest BCUT2D eigenvalue weighted by atomic mass is 10.1. The Morgan fingerprint density at radius 1 is 0.553 bits per heavy atom. The van der Waals surface area contributed by atoms with Crippen molar-refractivity contribution in [2.75, 3.05) is 5.01 Å². The molecular formula is C35H27N3. The number of fused-ring (bicyclic) bond motifs is 5. The van der Waals surface area contributed by atoms with E-state index in [1.54, 1.807) is 0 Å². The maximum atomic E-state index is 5.24. The minimum Gasteiger partial charge on any atom is -0.344 e. The highest BCUT2D eigenvalue weighted by Gasteiger charge is 2.13. The van der Waals surface area contributed by atoms with Crippen molar-refractivity contribution in [1.82, 2.24) is 4.57 Å². The number of nitrogens with zero attached hydrogens (tertiary/aromatic N) is 3. The van der Waals surface area contributed by atoms with Crippen LogP contribution in [0.25, 0.3) is 43.4 Å². The van der Waals surface area contributed by atoms with E-state index in [2.05, 4.69) is 151 Å². The molecule has 3 nitrogen and oxygen atoms in total. The summed E-state index contributed by atoms with van der Waals surface area (Å²) in [6.07, 6.45) is 0. The van der Waals surface area contributed by atoms with Crippen LogP contribution < -0.4 is 5.01 Å². The molecule has 0 fully saturated rings. The Labute approximate surface area is 221 Å². The molecule has 0 bridgehead atoms. The molecule has 7 rings (SSSR count). The molecule has 0 saturated carbocycles. The van der Waals surface area contributed by atoms with E-state index in [-0.39, 0.29) is 0 Å². The van der Waals surface area contributed by atoms with Crippen molar-refractivity contribution < 1.29 is 0 Å². The molecule has 0 radical (unpaired) electrons. The summed E-state index contributed by atoms with van der Waals surface area (Å²) in [4.78, 5) is 0. The summed E-state index contributed by atoms with van der Waals surface area (Å²) in [5.74, 6) is 0. The summed E-state index contributed by atoms with van der Waals surface area (Å²) in [6.45, 7) is 2.10. The van der Waals surface area contributed by atoms with Gasteiger partial charge in [-0.2, -0.15) is 5.10 Å². The minimum absolute atomic E-state index is 0.959. The quantitative estimate of drug-likeness (QED) is 0.178. The molecule has 0 N–H and O–H groups in total. The van der Waals surface area contributed by atoms with Crippen molar-refractivity contribution in [2.45, 2.75) is 6.92 Å². The number of hydrogen-bond donors (Lipinski definition) is 0. The van der Waals surface area contributed by atoms with Crippen molar-refractivity contribution in [2.24, 2.45) is 12.1 Å². The van der Waals surface area contributed by atoms with Crippen molar-refractivity contribution in [1.29, 1.82) is 0 Å². The summed E-state index contributed by atoms with van der Waals surface area (Å²) >= 11 is 0. The van der Waals surface area contributed by atoms with E-state index in [1.807, 2.05) is 0 Å². The molecule has 3 heteroatoms. The van der Waals surface area contributed by atoms with Crippen molar-refractivity contribution in [3.8, 4) is 0 Å². The van der Waals surface area contributed by atoms with Crippen LogP contribution in [-0.2, 0) is 7.05 Å². The highest BCUT2D eigenvalue weighted by molar-refractivity contribution is 6.11. The van der Waals surface area contributed by atoms with Gasteiger partial charge in [-0.05, 0) is 76.5 Å². The van der Waals surface area contributed by atoms with E-state index < -0.39 is 0 Å². The number of benzene rings is 6. The average molecular weight is 490 g/mol. The molecule has 0 saturated heterocycles. The SMILES string of the molecule is C/C(=N/N(c1ccc2ccccc2c1)c1ccc2ccccc2c1)c1ccc2c(c1)c1ccccc1n2C. The lowest BCUT2D eigenvalue weighted by molar-refractivity contribution is 1.01. The van der Waals surface area contributed by atoms with E-state index in [0.717, 1.165) is 22.6 Å². The number of aromatic nitrogens is 1. The second kappa shape index (κ2) is 8.89. The Bertz CT molecular complexity index is 1930. The highest BCUT2D eigenvalue weighted by Crippen LogP contribution is 2.33. The maximum Gasteiger partial charge on any atom is 0.0659 e. The predicted octanol–water partition coefficient (Wildman–Crippen LogP) is 9.20. The third-order valence-electron chi connectivity index (χ3n) is 7.54. The summed E-state index contributed by atoms with van der Waals surface area (Å²) < 4.78 is 2.26. The molecular weight excluding hydrogens is 462 g/mol. The Hall–Kier alpha value is -4.89. The molecule has 0 unspecified atom stereocenters. The monoisotopic (exact) mass is 489 g/mol. The third kappa shape index (κ3) is 3.72. The molecule has 0 aliphatic heterocycles. The number of aryl methyl sites for hydroxylation is 1. The minimum atomic E-state index is 0.959. The van der Waals surface area contributed by atoms with Gasteiger partial charge in [0.15, 0.2) is 0 Å². The summed E-state index contributed by atoms with van der Waals surface area (Å²) in [6, 6.07) is 45.3. The standard InChI is InChI=1S/C35H27N3/c1-24(27-17-20-35-33(23-27)32-13-7-8-14-34(32)37(35)2)36-38(30-18-15-25-9-3-5-11-28(25)21-30)31-19-16-26-10-4-6-12-29(26)22-31/h3-23H,1-2H3/b36-24-. The fourth-order valence-corrected chi connectivity index (χ4v) is 5.48. The first-order valence-corrected chi connectivity index (χ1v) is 13.0. The summed E-state index contributed by atoms with van der Waals surface area (Å²) in [7, 11) is 2.13. The van der Waals surface area contributed by atoms with Gasteiger partial charge in [-0.1, -0.05) is 84.9 Å². The van der Waals surface area contributed by atoms with Gasteiger partial charge in [0.05, 0.1) is 17.1 Å². The van der Waals surface area contributed by atoms with Gasteiger partial charge >= 0.3 is 0 Å². The number of para-hydroxylation sites is 1. The Morgan fingerprint density at radius 2 is 1.11 bits per heavy atom. The van der Waals surface area contributed by atoms with E-state index >= 15 is 0 Å². The molecule has 1 aromatic heterocycles. The van der Waals surface area contributed by atoms with Gasteiger partial charge in [-0.15, -0.1) is 0 Å². The summed E-state index contributed by atoms with van der Waals surface area (Å²) in [5.41, 5.74) is 6.60. The zero-order chi connectivity index (χ0) is 25.6. The van der Waals surface area contributed by atoms with E-state index in [4.69, 9.17) is 5.10 Å². The van der Waals surface area contributed by atoms with Crippen molar-refractivity contribution >= 4 is 60.4 Å². The molecule has 1 heterocycles. The van der Waals surface area contributed by atoms with E-state index in [0.29, 0.717) is 0 Å². The first kappa shape index (κ1) is 22.3. The molecule has 0 aliphatic rings. The number of hydrogen-bond acceptors (Lipinski definition) is 2. The lowest BCUT2D eigenvalue weighted by Crippen LogP contribution is -2.12. The van der Waals surface area contributed by atoms with E-state index in [9.17, 15) is 0 Å². The molecule has 0 amide bonds. The lowest BCUT2D eigenvalue weighted by Gasteiger charge is -2.22. The summed E-state index contributed by atoms with van der Waals surface area (Å²) in [5, 5.41) is 14.7. The largest absolute Gasteiger partial charge is 0.344 e.